The number of nitrogens with zero attached hydrogens (tertiary/aromatic N) is 2. The number of amides is 1. The SMILES string of the molecule is Cc1ccc2nc(SCC(=O)Nc3cccc(C(F)(F)F)c3)c(C#N)cc2c1. The molecule has 0 atom stereocenters. The second-order valence-corrected chi connectivity index (χ2v) is 7.03. The molecule has 3 aromatic rings. The molecular formula is C20H14F3N3OS. The Hall–Kier alpha value is -3.05. The van der Waals surface area contributed by atoms with Gasteiger partial charge in [0.15, 0.2) is 0 Å². The van der Waals surface area contributed by atoms with Crippen LogP contribution < -0.4 is 5.32 Å². The lowest BCUT2D eigenvalue weighted by atomic mass is 10.1. The number of nitrogens with one attached hydrogen (secondary N) is 1. The molecule has 1 aromatic heterocycles. The summed E-state index contributed by atoms with van der Waals surface area (Å²) >= 11 is 1.06. The number of halogens is 3. The van der Waals surface area contributed by atoms with Crippen LogP contribution in [0.4, 0.5) is 18.9 Å². The highest BCUT2D eigenvalue weighted by Crippen LogP contribution is 2.31. The number of nitriles is 1. The van der Waals surface area contributed by atoms with Crippen molar-refractivity contribution in [1.29, 1.82) is 5.26 Å². The molecule has 0 unspecified atom stereocenters. The van der Waals surface area contributed by atoms with Crippen LogP contribution in [0.25, 0.3) is 10.9 Å². The van der Waals surface area contributed by atoms with Crippen molar-refractivity contribution >= 4 is 34.3 Å². The van der Waals surface area contributed by atoms with Crippen molar-refractivity contribution in [2.45, 2.75) is 18.1 Å². The lowest BCUT2D eigenvalue weighted by Crippen LogP contribution is -2.15. The maximum Gasteiger partial charge on any atom is 0.416 e. The summed E-state index contributed by atoms with van der Waals surface area (Å²) < 4.78 is 38.3. The number of rotatable bonds is 4. The van der Waals surface area contributed by atoms with Gasteiger partial charge in [0.25, 0.3) is 0 Å². The fourth-order valence-corrected chi connectivity index (χ4v) is 3.34. The normalized spacial score (nSPS) is 11.2. The first-order valence-electron chi connectivity index (χ1n) is 8.17. The fourth-order valence-electron chi connectivity index (χ4n) is 2.57. The molecule has 0 saturated heterocycles. The minimum atomic E-state index is -4.48. The molecule has 0 bridgehead atoms. The van der Waals surface area contributed by atoms with Gasteiger partial charge >= 0.3 is 6.18 Å². The quantitative estimate of drug-likeness (QED) is 0.613. The van der Waals surface area contributed by atoms with Crippen molar-refractivity contribution in [2.24, 2.45) is 0 Å². The molecule has 0 aliphatic carbocycles. The van der Waals surface area contributed by atoms with Crippen molar-refractivity contribution in [1.82, 2.24) is 4.98 Å². The third-order valence-electron chi connectivity index (χ3n) is 3.87. The maximum absolute atomic E-state index is 12.8. The topological polar surface area (TPSA) is 65.8 Å². The van der Waals surface area contributed by atoms with Gasteiger partial charge in [-0.2, -0.15) is 18.4 Å². The molecule has 0 spiro atoms. The van der Waals surface area contributed by atoms with Crippen LogP contribution in [0.1, 0.15) is 16.7 Å². The summed E-state index contributed by atoms with van der Waals surface area (Å²) in [6, 6.07) is 13.8. The largest absolute Gasteiger partial charge is 0.416 e. The fraction of sp³-hybridized carbons (Fsp3) is 0.150. The standard InChI is InChI=1S/C20H14F3N3OS/c1-12-5-6-17-13(7-12)8-14(10-24)19(26-17)28-11-18(27)25-16-4-2-3-15(9-16)20(21,22)23/h2-9H,11H2,1H3,(H,25,27). The summed E-state index contributed by atoms with van der Waals surface area (Å²) in [4.78, 5) is 16.6. The number of carbonyl (C=O) groups is 1. The lowest BCUT2D eigenvalue weighted by Gasteiger charge is -2.10. The molecule has 1 heterocycles. The van der Waals surface area contributed by atoms with Gasteiger partial charge in [0.05, 0.1) is 22.4 Å². The van der Waals surface area contributed by atoms with E-state index in [9.17, 15) is 23.2 Å². The van der Waals surface area contributed by atoms with Gasteiger partial charge in [0.1, 0.15) is 11.1 Å². The zero-order valence-corrected chi connectivity index (χ0v) is 15.5. The minimum Gasteiger partial charge on any atom is -0.325 e. The molecule has 0 saturated carbocycles. The average molecular weight is 401 g/mol. The van der Waals surface area contributed by atoms with E-state index in [0.717, 1.165) is 34.8 Å². The van der Waals surface area contributed by atoms with Crippen molar-refractivity contribution < 1.29 is 18.0 Å². The zero-order chi connectivity index (χ0) is 20.3. The number of alkyl halides is 3. The van der Waals surface area contributed by atoms with Crippen LogP contribution in [0.2, 0.25) is 0 Å². The highest BCUT2D eigenvalue weighted by molar-refractivity contribution is 8.00. The third-order valence-corrected chi connectivity index (χ3v) is 4.86. The summed E-state index contributed by atoms with van der Waals surface area (Å²) in [5.74, 6) is -0.575. The van der Waals surface area contributed by atoms with E-state index in [-0.39, 0.29) is 11.4 Å². The summed E-state index contributed by atoms with van der Waals surface area (Å²) in [7, 11) is 0. The first-order valence-corrected chi connectivity index (χ1v) is 9.16. The van der Waals surface area contributed by atoms with Gasteiger partial charge in [-0.3, -0.25) is 4.79 Å². The maximum atomic E-state index is 12.8. The molecular weight excluding hydrogens is 387 g/mol. The van der Waals surface area contributed by atoms with Gasteiger partial charge in [-0.05, 0) is 43.3 Å². The molecule has 142 valence electrons. The van der Waals surface area contributed by atoms with E-state index >= 15 is 0 Å². The number of hydrogen-bond donors (Lipinski definition) is 1. The number of aryl methyl sites for hydroxylation is 1. The molecule has 3 rings (SSSR count). The van der Waals surface area contributed by atoms with Gasteiger partial charge in [0.2, 0.25) is 5.91 Å². The molecule has 0 fully saturated rings. The molecule has 1 N–H and O–H groups in total. The van der Waals surface area contributed by atoms with E-state index in [2.05, 4.69) is 16.4 Å². The monoisotopic (exact) mass is 401 g/mol. The minimum absolute atomic E-state index is 0.0582. The number of pyridine rings is 1. The van der Waals surface area contributed by atoms with Gasteiger partial charge < -0.3 is 5.32 Å². The smallest absolute Gasteiger partial charge is 0.325 e. The predicted molar refractivity (Wildman–Crippen MR) is 102 cm³/mol. The molecule has 0 aliphatic heterocycles. The Morgan fingerprint density at radius 3 is 2.71 bits per heavy atom. The van der Waals surface area contributed by atoms with Gasteiger partial charge in [-0.1, -0.05) is 29.5 Å². The van der Waals surface area contributed by atoms with Crippen molar-refractivity contribution in [3.8, 4) is 6.07 Å². The van der Waals surface area contributed by atoms with Crippen LogP contribution in [0.15, 0.2) is 53.6 Å². The van der Waals surface area contributed by atoms with E-state index in [1.807, 2.05) is 25.1 Å². The van der Waals surface area contributed by atoms with Gasteiger partial charge in [-0.25, -0.2) is 4.98 Å². The first-order chi connectivity index (χ1) is 13.3. The predicted octanol–water partition coefficient (Wildman–Crippen LogP) is 5.16. The molecule has 0 aliphatic rings. The molecule has 4 nitrogen and oxygen atoms in total. The number of aromatic nitrogens is 1. The second-order valence-electron chi connectivity index (χ2n) is 6.06. The number of carbonyl (C=O) groups excluding carboxylic acids is 1. The Labute approximate surface area is 163 Å². The summed E-state index contributed by atoms with van der Waals surface area (Å²) in [6.45, 7) is 1.94. The Morgan fingerprint density at radius 1 is 1.21 bits per heavy atom. The molecule has 0 radical (unpaired) electrons. The number of fused-ring (bicyclic) bond motifs is 1. The molecule has 1 amide bonds. The Morgan fingerprint density at radius 2 is 2.00 bits per heavy atom. The van der Waals surface area contributed by atoms with E-state index < -0.39 is 17.6 Å². The Bertz CT molecular complexity index is 1090. The number of hydrogen-bond acceptors (Lipinski definition) is 4. The van der Waals surface area contributed by atoms with Crippen LogP contribution in [0.5, 0.6) is 0 Å². The highest BCUT2D eigenvalue weighted by Gasteiger charge is 2.30. The van der Waals surface area contributed by atoms with Crippen molar-refractivity contribution in [3.63, 3.8) is 0 Å². The average Bonchev–Trinajstić information content (AvgIpc) is 2.65. The summed E-state index contributed by atoms with van der Waals surface area (Å²) in [5.41, 5.74) is 1.30. The Kier molecular flexibility index (Phi) is 5.56. The highest BCUT2D eigenvalue weighted by atomic mass is 32.2. The van der Waals surface area contributed by atoms with E-state index in [4.69, 9.17) is 0 Å². The molecule has 8 heteroatoms. The second kappa shape index (κ2) is 7.90. The third kappa shape index (κ3) is 4.61. The number of anilines is 1. The summed E-state index contributed by atoms with van der Waals surface area (Å²) in [6.07, 6.45) is -4.48. The number of benzene rings is 2. The summed E-state index contributed by atoms with van der Waals surface area (Å²) in [5, 5.41) is 13.0. The number of thioether (sulfide) groups is 1. The van der Waals surface area contributed by atoms with Crippen LogP contribution in [0.3, 0.4) is 0 Å². The first kappa shape index (κ1) is 19.7. The molecule has 2 aromatic carbocycles. The van der Waals surface area contributed by atoms with Crippen LogP contribution in [-0.4, -0.2) is 16.6 Å². The van der Waals surface area contributed by atoms with Crippen LogP contribution >= 0.6 is 11.8 Å². The van der Waals surface area contributed by atoms with E-state index in [1.165, 1.54) is 12.1 Å². The van der Waals surface area contributed by atoms with Crippen LogP contribution in [-0.2, 0) is 11.0 Å². The lowest BCUT2D eigenvalue weighted by molar-refractivity contribution is -0.137. The zero-order valence-electron chi connectivity index (χ0n) is 14.7. The molecule has 28 heavy (non-hydrogen) atoms. The Balaban J connectivity index is 1.73. The van der Waals surface area contributed by atoms with E-state index in [1.54, 1.807) is 6.07 Å². The van der Waals surface area contributed by atoms with Crippen molar-refractivity contribution in [3.05, 3.63) is 65.2 Å². The van der Waals surface area contributed by atoms with Crippen LogP contribution in [0, 0.1) is 18.3 Å². The van der Waals surface area contributed by atoms with E-state index in [0.29, 0.717) is 16.1 Å². The van der Waals surface area contributed by atoms with Crippen molar-refractivity contribution in [2.75, 3.05) is 11.1 Å². The van der Waals surface area contributed by atoms with Gasteiger partial charge in [-0.15, -0.1) is 0 Å². The van der Waals surface area contributed by atoms with Gasteiger partial charge in [0, 0.05) is 11.1 Å².